The predicted octanol–water partition coefficient (Wildman–Crippen LogP) is 2.39. The van der Waals surface area contributed by atoms with Crippen molar-refractivity contribution in [2.75, 3.05) is 7.05 Å². The molecule has 0 fully saturated rings. The first kappa shape index (κ1) is 16.0. The number of rotatable bonds is 6. The van der Waals surface area contributed by atoms with Gasteiger partial charge in [-0.3, -0.25) is 4.79 Å². The summed E-state index contributed by atoms with van der Waals surface area (Å²) in [7, 11) is 1.70. The molecule has 5 nitrogen and oxygen atoms in total. The third kappa shape index (κ3) is 5.30. The number of aryl methyl sites for hydroxylation is 1. The van der Waals surface area contributed by atoms with Crippen LogP contribution in [0, 0.1) is 6.92 Å². The Balaban J connectivity index is 2.56. The summed E-state index contributed by atoms with van der Waals surface area (Å²) in [5.41, 5.74) is 2.20. The minimum absolute atomic E-state index is 0.0550. The lowest BCUT2D eigenvalue weighted by Crippen LogP contribution is -2.43. The van der Waals surface area contributed by atoms with Crippen LogP contribution in [0.3, 0.4) is 0 Å². The van der Waals surface area contributed by atoms with Crippen molar-refractivity contribution >= 4 is 12.0 Å². The maximum Gasteiger partial charge on any atom is 0.317 e. The maximum absolute atomic E-state index is 12.0. The maximum atomic E-state index is 12.0. The summed E-state index contributed by atoms with van der Waals surface area (Å²) in [4.78, 5) is 24.2. The van der Waals surface area contributed by atoms with Crippen molar-refractivity contribution in [3.63, 3.8) is 0 Å². The number of aliphatic carboxylic acids is 1. The van der Waals surface area contributed by atoms with Gasteiger partial charge in [-0.25, -0.2) is 4.79 Å². The summed E-state index contributed by atoms with van der Waals surface area (Å²) in [6.07, 6.45) is 0.539. The highest BCUT2D eigenvalue weighted by molar-refractivity contribution is 5.75. The lowest BCUT2D eigenvalue weighted by molar-refractivity contribution is -0.137. The second-order valence-electron chi connectivity index (χ2n) is 5.00. The Bertz CT molecular complexity index is 474. The normalized spacial score (nSPS) is 11.8. The number of urea groups is 1. The molecular weight excluding hydrogens is 256 g/mol. The molecule has 0 heterocycles. The average Bonchev–Trinajstić information content (AvgIpc) is 2.37. The van der Waals surface area contributed by atoms with Crippen LogP contribution in [0.15, 0.2) is 24.3 Å². The topological polar surface area (TPSA) is 69.6 Å². The highest BCUT2D eigenvalue weighted by Gasteiger charge is 2.16. The molecule has 0 aliphatic rings. The van der Waals surface area contributed by atoms with Crippen LogP contribution in [0.2, 0.25) is 0 Å². The summed E-state index contributed by atoms with van der Waals surface area (Å²) in [6, 6.07) is 7.36. The number of nitrogens with one attached hydrogen (secondary N) is 1. The van der Waals surface area contributed by atoms with Crippen LogP contribution in [0.5, 0.6) is 0 Å². The fourth-order valence-electron chi connectivity index (χ4n) is 1.95. The molecule has 2 amide bonds. The van der Waals surface area contributed by atoms with Crippen LogP contribution in [0.1, 0.15) is 30.9 Å². The van der Waals surface area contributed by atoms with Crippen LogP contribution in [-0.2, 0) is 11.3 Å². The molecule has 0 radical (unpaired) electrons. The van der Waals surface area contributed by atoms with E-state index in [-0.39, 0.29) is 18.5 Å². The number of hydrogen-bond acceptors (Lipinski definition) is 2. The molecule has 2 N–H and O–H groups in total. The SMILES string of the molecule is CCC(CC(=O)O)NC(=O)N(C)Cc1cccc(C)c1. The molecule has 110 valence electrons. The van der Waals surface area contributed by atoms with Crippen LogP contribution in [-0.4, -0.2) is 35.1 Å². The lowest BCUT2D eigenvalue weighted by Gasteiger charge is -2.22. The highest BCUT2D eigenvalue weighted by Crippen LogP contribution is 2.07. The van der Waals surface area contributed by atoms with Gasteiger partial charge < -0.3 is 15.3 Å². The number of amides is 2. The molecule has 5 heteroatoms. The van der Waals surface area contributed by atoms with Gasteiger partial charge in [0.2, 0.25) is 0 Å². The van der Waals surface area contributed by atoms with Crippen molar-refractivity contribution in [3.8, 4) is 0 Å². The van der Waals surface area contributed by atoms with Gasteiger partial charge in [0.25, 0.3) is 0 Å². The quantitative estimate of drug-likeness (QED) is 0.839. The van der Waals surface area contributed by atoms with E-state index in [9.17, 15) is 9.59 Å². The van der Waals surface area contributed by atoms with Crippen molar-refractivity contribution in [2.24, 2.45) is 0 Å². The van der Waals surface area contributed by atoms with Gasteiger partial charge in [0.1, 0.15) is 0 Å². The summed E-state index contributed by atoms with van der Waals surface area (Å²) in [6.45, 7) is 4.36. The Morgan fingerprint density at radius 3 is 2.65 bits per heavy atom. The van der Waals surface area contributed by atoms with Gasteiger partial charge in [-0.2, -0.15) is 0 Å². The molecule has 0 aromatic heterocycles. The first-order valence-electron chi connectivity index (χ1n) is 6.71. The van der Waals surface area contributed by atoms with Crippen LogP contribution < -0.4 is 5.32 Å². The van der Waals surface area contributed by atoms with Crippen molar-refractivity contribution in [2.45, 2.75) is 39.3 Å². The number of benzene rings is 1. The average molecular weight is 278 g/mol. The summed E-state index contributed by atoms with van der Waals surface area (Å²) in [5.74, 6) is -0.904. The van der Waals surface area contributed by atoms with E-state index in [4.69, 9.17) is 5.11 Å². The molecule has 0 bridgehead atoms. The van der Waals surface area contributed by atoms with Gasteiger partial charge in [-0.15, -0.1) is 0 Å². The number of carboxylic acids is 1. The Labute approximate surface area is 119 Å². The standard InChI is InChI=1S/C15H22N2O3/c1-4-13(9-14(18)19)16-15(20)17(3)10-12-7-5-6-11(2)8-12/h5-8,13H,4,9-10H2,1-3H3,(H,16,20)(H,18,19). The minimum Gasteiger partial charge on any atom is -0.481 e. The van der Waals surface area contributed by atoms with Crippen molar-refractivity contribution in [1.82, 2.24) is 10.2 Å². The van der Waals surface area contributed by atoms with Gasteiger partial charge in [0, 0.05) is 19.6 Å². The van der Waals surface area contributed by atoms with Crippen LogP contribution in [0.4, 0.5) is 4.79 Å². The molecule has 1 unspecified atom stereocenters. The summed E-state index contributed by atoms with van der Waals surface area (Å²) in [5, 5.41) is 11.5. The van der Waals surface area contributed by atoms with Gasteiger partial charge >= 0.3 is 12.0 Å². The van der Waals surface area contributed by atoms with E-state index in [1.54, 1.807) is 11.9 Å². The van der Waals surface area contributed by atoms with Gasteiger partial charge in [-0.05, 0) is 18.9 Å². The fourth-order valence-corrected chi connectivity index (χ4v) is 1.95. The smallest absolute Gasteiger partial charge is 0.317 e. The number of hydrogen-bond donors (Lipinski definition) is 2. The monoisotopic (exact) mass is 278 g/mol. The highest BCUT2D eigenvalue weighted by atomic mass is 16.4. The van der Waals surface area contributed by atoms with E-state index in [2.05, 4.69) is 5.32 Å². The largest absolute Gasteiger partial charge is 0.481 e. The van der Waals surface area contributed by atoms with Crippen molar-refractivity contribution in [3.05, 3.63) is 35.4 Å². The summed E-state index contributed by atoms with van der Waals surface area (Å²) >= 11 is 0. The second-order valence-corrected chi connectivity index (χ2v) is 5.00. The Morgan fingerprint density at radius 1 is 1.40 bits per heavy atom. The number of carboxylic acid groups (broad SMARTS) is 1. The van der Waals surface area contributed by atoms with Crippen molar-refractivity contribution in [1.29, 1.82) is 0 Å². The zero-order valence-corrected chi connectivity index (χ0v) is 12.2. The molecule has 0 aliphatic heterocycles. The van der Waals surface area contributed by atoms with Crippen LogP contribution >= 0.6 is 0 Å². The molecule has 1 rings (SSSR count). The molecule has 20 heavy (non-hydrogen) atoms. The van der Waals surface area contributed by atoms with E-state index in [0.29, 0.717) is 13.0 Å². The molecule has 1 atom stereocenters. The number of carbonyl (C=O) groups excluding carboxylic acids is 1. The van der Waals surface area contributed by atoms with Crippen molar-refractivity contribution < 1.29 is 14.7 Å². The van der Waals surface area contributed by atoms with Crippen LogP contribution in [0.25, 0.3) is 0 Å². The Hall–Kier alpha value is -2.04. The number of nitrogens with zero attached hydrogens (tertiary/aromatic N) is 1. The molecule has 0 saturated carbocycles. The van der Waals surface area contributed by atoms with E-state index in [1.165, 1.54) is 0 Å². The Kier molecular flexibility index (Phi) is 6.03. The third-order valence-corrected chi connectivity index (χ3v) is 3.09. The number of carbonyl (C=O) groups is 2. The fraction of sp³-hybridized carbons (Fsp3) is 0.467. The molecular formula is C15H22N2O3. The molecule has 0 saturated heterocycles. The zero-order chi connectivity index (χ0) is 15.1. The Morgan fingerprint density at radius 2 is 2.10 bits per heavy atom. The minimum atomic E-state index is -0.904. The molecule has 1 aromatic rings. The first-order chi connectivity index (χ1) is 9.42. The molecule has 0 spiro atoms. The second kappa shape index (κ2) is 7.53. The lowest BCUT2D eigenvalue weighted by atomic mass is 10.1. The molecule has 0 aliphatic carbocycles. The van der Waals surface area contributed by atoms with E-state index in [1.807, 2.05) is 38.1 Å². The van der Waals surface area contributed by atoms with E-state index < -0.39 is 5.97 Å². The van der Waals surface area contributed by atoms with Gasteiger partial charge in [0.15, 0.2) is 0 Å². The molecule has 1 aromatic carbocycles. The third-order valence-electron chi connectivity index (χ3n) is 3.09. The van der Waals surface area contributed by atoms with E-state index in [0.717, 1.165) is 11.1 Å². The van der Waals surface area contributed by atoms with Gasteiger partial charge in [0.05, 0.1) is 6.42 Å². The predicted molar refractivity (Wildman–Crippen MR) is 77.5 cm³/mol. The van der Waals surface area contributed by atoms with E-state index >= 15 is 0 Å². The zero-order valence-electron chi connectivity index (χ0n) is 12.2. The van der Waals surface area contributed by atoms with Gasteiger partial charge in [-0.1, -0.05) is 36.8 Å². The summed E-state index contributed by atoms with van der Waals surface area (Å²) < 4.78 is 0. The first-order valence-corrected chi connectivity index (χ1v) is 6.71.